The van der Waals surface area contributed by atoms with Gasteiger partial charge in [0.15, 0.2) is 0 Å². The van der Waals surface area contributed by atoms with E-state index in [9.17, 15) is 9.59 Å². The lowest BCUT2D eigenvalue weighted by molar-refractivity contribution is 0.0697. The first-order valence-electron chi connectivity index (χ1n) is 4.11. The van der Waals surface area contributed by atoms with Crippen LogP contribution in [0.1, 0.15) is 26.3 Å². The normalized spacial score (nSPS) is 13.9. The smallest absolute Gasteiger partial charge is 0.335 e. The molecule has 1 aliphatic rings. The minimum Gasteiger partial charge on any atom is -0.478 e. The molecule has 0 aliphatic carbocycles. The van der Waals surface area contributed by atoms with Crippen molar-refractivity contribution in [2.45, 2.75) is 6.42 Å². The molecule has 0 spiro atoms. The maximum absolute atomic E-state index is 11.3. The summed E-state index contributed by atoms with van der Waals surface area (Å²) in [5.74, 6) is -1.40. The second kappa shape index (κ2) is 3.06. The molecule has 4 nitrogen and oxygen atoms in total. The largest absolute Gasteiger partial charge is 0.478 e. The highest BCUT2D eigenvalue weighted by molar-refractivity contribution is 6.04. The van der Waals surface area contributed by atoms with Crippen molar-refractivity contribution in [1.82, 2.24) is 0 Å². The Morgan fingerprint density at radius 2 is 2.21 bits per heavy atom. The highest BCUT2D eigenvalue weighted by Crippen LogP contribution is 2.16. The number of carbonyl (C=O) groups excluding carboxylic acids is 1. The molecule has 0 saturated heterocycles. The molecule has 0 bridgehead atoms. The summed E-state index contributed by atoms with van der Waals surface area (Å²) in [5.41, 5.74) is 1.34. The number of hydrogen-bond donors (Lipinski definition) is 1. The second-order valence-corrected chi connectivity index (χ2v) is 3.00. The SMILES string of the molecule is O=C(O)c1ccc2c(c1)C(=O)N=CC2. The lowest BCUT2D eigenvalue weighted by Gasteiger charge is -2.08. The van der Waals surface area contributed by atoms with Crippen LogP contribution in [-0.4, -0.2) is 23.2 Å². The van der Waals surface area contributed by atoms with Crippen LogP contribution in [0, 0.1) is 0 Å². The molecule has 1 aliphatic heterocycles. The molecule has 1 N–H and O–H groups in total. The number of carbonyl (C=O) groups is 2. The standard InChI is InChI=1S/C10H7NO3/c12-9-8-5-7(10(13)14)2-1-6(8)3-4-11-9/h1-2,4-5H,3H2,(H,13,14). The summed E-state index contributed by atoms with van der Waals surface area (Å²) in [6, 6.07) is 4.52. The molecule has 0 radical (unpaired) electrons. The zero-order valence-corrected chi connectivity index (χ0v) is 7.23. The number of carboxylic acid groups (broad SMARTS) is 1. The van der Waals surface area contributed by atoms with E-state index in [-0.39, 0.29) is 11.5 Å². The van der Waals surface area contributed by atoms with E-state index in [0.717, 1.165) is 5.56 Å². The molecule has 2 rings (SSSR count). The molecule has 1 amide bonds. The average Bonchev–Trinajstić information content (AvgIpc) is 2.18. The van der Waals surface area contributed by atoms with Crippen LogP contribution < -0.4 is 0 Å². The lowest BCUT2D eigenvalue weighted by atomic mass is 9.99. The average molecular weight is 189 g/mol. The minimum atomic E-state index is -1.03. The Kier molecular flexibility index (Phi) is 1.89. The van der Waals surface area contributed by atoms with Gasteiger partial charge in [-0.05, 0) is 17.7 Å². The number of carboxylic acids is 1. The van der Waals surface area contributed by atoms with Gasteiger partial charge in [0.1, 0.15) is 0 Å². The zero-order valence-electron chi connectivity index (χ0n) is 7.23. The summed E-state index contributed by atoms with van der Waals surface area (Å²) in [6.45, 7) is 0. The third kappa shape index (κ3) is 1.31. The maximum Gasteiger partial charge on any atom is 0.335 e. The van der Waals surface area contributed by atoms with Crippen molar-refractivity contribution in [2.75, 3.05) is 0 Å². The molecule has 0 atom stereocenters. The predicted molar refractivity (Wildman–Crippen MR) is 49.9 cm³/mol. The second-order valence-electron chi connectivity index (χ2n) is 3.00. The van der Waals surface area contributed by atoms with E-state index in [2.05, 4.69) is 4.99 Å². The zero-order chi connectivity index (χ0) is 10.1. The first-order chi connectivity index (χ1) is 6.68. The van der Waals surface area contributed by atoms with Gasteiger partial charge in [-0.3, -0.25) is 4.79 Å². The van der Waals surface area contributed by atoms with E-state index in [1.54, 1.807) is 6.07 Å². The Morgan fingerprint density at radius 3 is 2.93 bits per heavy atom. The van der Waals surface area contributed by atoms with Gasteiger partial charge >= 0.3 is 5.97 Å². The summed E-state index contributed by atoms with van der Waals surface area (Å²) >= 11 is 0. The number of amides is 1. The Labute approximate surface area is 79.9 Å². The van der Waals surface area contributed by atoms with Gasteiger partial charge < -0.3 is 5.11 Å². The van der Waals surface area contributed by atoms with E-state index in [4.69, 9.17) is 5.11 Å². The molecule has 1 heterocycles. The van der Waals surface area contributed by atoms with Crippen molar-refractivity contribution in [3.63, 3.8) is 0 Å². The molecule has 4 heteroatoms. The summed E-state index contributed by atoms with van der Waals surface area (Å²) in [7, 11) is 0. The summed E-state index contributed by atoms with van der Waals surface area (Å²) < 4.78 is 0. The highest BCUT2D eigenvalue weighted by atomic mass is 16.4. The number of rotatable bonds is 1. The van der Waals surface area contributed by atoms with E-state index in [1.807, 2.05) is 0 Å². The van der Waals surface area contributed by atoms with Crippen molar-refractivity contribution < 1.29 is 14.7 Å². The summed E-state index contributed by atoms with van der Waals surface area (Å²) in [6.07, 6.45) is 2.12. The fraction of sp³-hybridized carbons (Fsp3) is 0.100. The van der Waals surface area contributed by atoms with Gasteiger partial charge in [-0.15, -0.1) is 0 Å². The van der Waals surface area contributed by atoms with Crippen molar-refractivity contribution in [3.8, 4) is 0 Å². The third-order valence-corrected chi connectivity index (χ3v) is 2.11. The summed E-state index contributed by atoms with van der Waals surface area (Å²) in [5, 5.41) is 8.72. The molecule has 1 aromatic rings. The van der Waals surface area contributed by atoms with Gasteiger partial charge in [0.05, 0.1) is 5.56 Å². The molecule has 1 aromatic carbocycles. The first-order valence-corrected chi connectivity index (χ1v) is 4.11. The van der Waals surface area contributed by atoms with Crippen molar-refractivity contribution >= 4 is 18.1 Å². The van der Waals surface area contributed by atoms with Gasteiger partial charge in [-0.1, -0.05) is 6.07 Å². The van der Waals surface area contributed by atoms with Crippen LogP contribution in [-0.2, 0) is 6.42 Å². The number of nitrogens with zero attached hydrogens (tertiary/aromatic N) is 1. The maximum atomic E-state index is 11.3. The van der Waals surface area contributed by atoms with Crippen LogP contribution in [0.2, 0.25) is 0 Å². The fourth-order valence-electron chi connectivity index (χ4n) is 1.38. The summed E-state index contributed by atoms with van der Waals surface area (Å²) in [4.78, 5) is 25.5. The van der Waals surface area contributed by atoms with Crippen LogP contribution in [0.25, 0.3) is 0 Å². The number of benzene rings is 1. The predicted octanol–water partition coefficient (Wildman–Crippen LogP) is 1.15. The van der Waals surface area contributed by atoms with Crippen LogP contribution in [0.4, 0.5) is 0 Å². The molecule has 0 aromatic heterocycles. The Bertz CT molecular complexity index is 449. The Morgan fingerprint density at radius 1 is 1.43 bits per heavy atom. The first kappa shape index (κ1) is 8.62. The van der Waals surface area contributed by atoms with Gasteiger partial charge in [-0.2, -0.15) is 0 Å². The quantitative estimate of drug-likeness (QED) is 0.720. The topological polar surface area (TPSA) is 66.7 Å². The fourth-order valence-corrected chi connectivity index (χ4v) is 1.38. The van der Waals surface area contributed by atoms with Gasteiger partial charge in [0.2, 0.25) is 0 Å². The van der Waals surface area contributed by atoms with Crippen LogP contribution in [0.15, 0.2) is 23.2 Å². The van der Waals surface area contributed by atoms with Crippen LogP contribution in [0.5, 0.6) is 0 Å². The number of aromatic carboxylic acids is 1. The Balaban J connectivity index is 2.54. The number of aliphatic imine (C=N–C) groups is 1. The molecule has 0 fully saturated rings. The van der Waals surface area contributed by atoms with Crippen molar-refractivity contribution in [3.05, 3.63) is 34.9 Å². The van der Waals surface area contributed by atoms with Crippen LogP contribution in [0.3, 0.4) is 0 Å². The lowest BCUT2D eigenvalue weighted by Crippen LogP contribution is -2.10. The molecule has 0 saturated carbocycles. The minimum absolute atomic E-state index is 0.120. The third-order valence-electron chi connectivity index (χ3n) is 2.11. The number of fused-ring (bicyclic) bond motifs is 1. The molecular formula is C10H7NO3. The van der Waals surface area contributed by atoms with E-state index >= 15 is 0 Å². The van der Waals surface area contributed by atoms with Crippen LogP contribution >= 0.6 is 0 Å². The molecule has 70 valence electrons. The van der Waals surface area contributed by atoms with Gasteiger partial charge in [0.25, 0.3) is 5.91 Å². The molecule has 0 unspecified atom stereocenters. The number of hydrogen-bond acceptors (Lipinski definition) is 2. The monoisotopic (exact) mass is 189 g/mol. The molecular weight excluding hydrogens is 182 g/mol. The van der Waals surface area contributed by atoms with Gasteiger partial charge in [-0.25, -0.2) is 9.79 Å². The molecule has 14 heavy (non-hydrogen) atoms. The Hall–Kier alpha value is -1.97. The van der Waals surface area contributed by atoms with Crippen molar-refractivity contribution in [1.29, 1.82) is 0 Å². The van der Waals surface area contributed by atoms with E-state index < -0.39 is 5.97 Å². The van der Waals surface area contributed by atoms with Crippen molar-refractivity contribution in [2.24, 2.45) is 4.99 Å². The van der Waals surface area contributed by atoms with E-state index in [1.165, 1.54) is 18.3 Å². The van der Waals surface area contributed by atoms with Gasteiger partial charge in [0, 0.05) is 18.2 Å². The van der Waals surface area contributed by atoms with E-state index in [0.29, 0.717) is 12.0 Å². The highest BCUT2D eigenvalue weighted by Gasteiger charge is 2.15.